The predicted octanol–water partition coefficient (Wildman–Crippen LogP) is 3.16. The lowest BCUT2D eigenvalue weighted by Crippen LogP contribution is -2.26. The van der Waals surface area contributed by atoms with E-state index in [9.17, 15) is 14.3 Å². The minimum absolute atomic E-state index is 0.203. The molecule has 0 saturated carbocycles. The Bertz CT molecular complexity index is 915. The second-order valence-corrected chi connectivity index (χ2v) is 5.64. The van der Waals surface area contributed by atoms with E-state index in [-0.39, 0.29) is 11.6 Å². The molecule has 2 aromatic rings. The molecule has 0 aliphatic carbocycles. The third-order valence-corrected chi connectivity index (χ3v) is 3.74. The van der Waals surface area contributed by atoms with Crippen molar-refractivity contribution in [3.8, 4) is 5.75 Å². The highest BCUT2D eigenvalue weighted by Crippen LogP contribution is 2.21. The minimum Gasteiger partial charge on any atom is -0.505 e. The van der Waals surface area contributed by atoms with Crippen molar-refractivity contribution in [2.45, 2.75) is 6.92 Å². The van der Waals surface area contributed by atoms with Gasteiger partial charge >= 0.3 is 0 Å². The van der Waals surface area contributed by atoms with Gasteiger partial charge in [0.05, 0.1) is 0 Å². The molecule has 1 aromatic heterocycles. The summed E-state index contributed by atoms with van der Waals surface area (Å²) >= 11 is 0. The number of phenolic OH excluding ortho intramolecular Hbond substituents is 1. The number of rotatable bonds is 3. The number of halogens is 1. The standard InChI is InChI=1S/C19H16FN3O2/c1-12-3-4-13(11-21-12)6-8-18-22-16(19(25)23(18)2)10-14-5-7-17(24)15(20)9-14/h3-11,24H,1-2H3/b8-6+,16-10-. The largest absolute Gasteiger partial charge is 0.505 e. The quantitative estimate of drug-likeness (QED) is 0.875. The summed E-state index contributed by atoms with van der Waals surface area (Å²) in [4.78, 5) is 22.2. The van der Waals surface area contributed by atoms with Crippen LogP contribution in [0.3, 0.4) is 0 Å². The van der Waals surface area contributed by atoms with Crippen molar-refractivity contribution in [2.75, 3.05) is 7.05 Å². The number of pyridine rings is 1. The van der Waals surface area contributed by atoms with Crippen LogP contribution in [0.2, 0.25) is 0 Å². The smallest absolute Gasteiger partial charge is 0.277 e. The molecular weight excluding hydrogens is 321 g/mol. The molecule has 2 heterocycles. The number of amidine groups is 1. The van der Waals surface area contributed by atoms with E-state index in [0.717, 1.165) is 17.3 Å². The Balaban J connectivity index is 1.86. The molecule has 0 atom stereocenters. The fraction of sp³-hybridized carbons (Fsp3) is 0.105. The van der Waals surface area contributed by atoms with E-state index < -0.39 is 11.6 Å². The molecule has 0 radical (unpaired) electrons. The number of amides is 1. The Morgan fingerprint density at radius 2 is 1.92 bits per heavy atom. The lowest BCUT2D eigenvalue weighted by atomic mass is 10.1. The summed E-state index contributed by atoms with van der Waals surface area (Å²) < 4.78 is 13.4. The maximum absolute atomic E-state index is 13.4. The fourth-order valence-electron chi connectivity index (χ4n) is 2.28. The number of carbonyl (C=O) groups excluding carboxylic acids is 1. The number of hydrogen-bond acceptors (Lipinski definition) is 4. The van der Waals surface area contributed by atoms with E-state index >= 15 is 0 Å². The highest BCUT2D eigenvalue weighted by molar-refractivity contribution is 6.18. The summed E-state index contributed by atoms with van der Waals surface area (Å²) in [5, 5.41) is 9.22. The van der Waals surface area contributed by atoms with E-state index in [1.165, 1.54) is 23.1 Å². The molecule has 1 aliphatic rings. The maximum Gasteiger partial charge on any atom is 0.277 e. The first-order chi connectivity index (χ1) is 11.9. The molecule has 126 valence electrons. The zero-order valence-corrected chi connectivity index (χ0v) is 13.8. The number of carbonyl (C=O) groups is 1. The molecule has 1 aliphatic heterocycles. The first kappa shape index (κ1) is 16.6. The van der Waals surface area contributed by atoms with Crippen molar-refractivity contribution in [3.05, 3.63) is 70.9 Å². The Morgan fingerprint density at radius 1 is 1.16 bits per heavy atom. The summed E-state index contributed by atoms with van der Waals surface area (Å²) in [5.41, 5.74) is 2.47. The van der Waals surface area contributed by atoms with Gasteiger partial charge < -0.3 is 5.11 Å². The Labute approximate surface area is 144 Å². The zero-order chi connectivity index (χ0) is 18.0. The first-order valence-corrected chi connectivity index (χ1v) is 7.62. The van der Waals surface area contributed by atoms with E-state index in [4.69, 9.17) is 0 Å². The number of aliphatic imine (C=N–C) groups is 1. The normalized spacial score (nSPS) is 16.1. The van der Waals surface area contributed by atoms with Gasteiger partial charge in [-0.05, 0) is 54.5 Å². The average Bonchev–Trinajstić information content (AvgIpc) is 2.86. The maximum atomic E-state index is 13.4. The molecule has 0 unspecified atom stereocenters. The Hall–Kier alpha value is -3.28. The molecule has 3 rings (SSSR count). The fourth-order valence-corrected chi connectivity index (χ4v) is 2.28. The zero-order valence-electron chi connectivity index (χ0n) is 13.8. The van der Waals surface area contributed by atoms with E-state index in [1.807, 2.05) is 25.1 Å². The molecular formula is C19H16FN3O2. The van der Waals surface area contributed by atoms with Gasteiger partial charge in [-0.3, -0.25) is 14.7 Å². The van der Waals surface area contributed by atoms with Gasteiger partial charge in [0.2, 0.25) is 0 Å². The van der Waals surface area contributed by atoms with E-state index in [2.05, 4.69) is 9.98 Å². The summed E-state index contributed by atoms with van der Waals surface area (Å²) in [6, 6.07) is 7.72. The number of nitrogens with zero attached hydrogens (tertiary/aromatic N) is 3. The third-order valence-electron chi connectivity index (χ3n) is 3.74. The van der Waals surface area contributed by atoms with Crippen molar-refractivity contribution in [1.82, 2.24) is 9.88 Å². The predicted molar refractivity (Wildman–Crippen MR) is 94.3 cm³/mol. The van der Waals surface area contributed by atoms with Gasteiger partial charge in [0.15, 0.2) is 11.6 Å². The van der Waals surface area contributed by atoms with Crippen LogP contribution in [-0.2, 0) is 4.79 Å². The number of aromatic hydroxyl groups is 1. The second-order valence-electron chi connectivity index (χ2n) is 5.64. The van der Waals surface area contributed by atoms with Gasteiger partial charge in [0, 0.05) is 18.9 Å². The van der Waals surface area contributed by atoms with Crippen molar-refractivity contribution in [3.63, 3.8) is 0 Å². The van der Waals surface area contributed by atoms with Crippen LogP contribution < -0.4 is 0 Å². The van der Waals surface area contributed by atoms with Gasteiger partial charge in [0.25, 0.3) is 5.91 Å². The second kappa shape index (κ2) is 6.68. The van der Waals surface area contributed by atoms with Crippen LogP contribution in [0, 0.1) is 12.7 Å². The summed E-state index contributed by atoms with van der Waals surface area (Å²) in [7, 11) is 1.62. The van der Waals surface area contributed by atoms with Crippen molar-refractivity contribution < 1.29 is 14.3 Å². The number of aromatic nitrogens is 1. The molecule has 1 N–H and O–H groups in total. The number of benzene rings is 1. The van der Waals surface area contributed by atoms with Crippen LogP contribution in [-0.4, -0.2) is 33.8 Å². The lowest BCUT2D eigenvalue weighted by molar-refractivity contribution is -0.121. The molecule has 0 saturated heterocycles. The molecule has 5 nitrogen and oxygen atoms in total. The minimum atomic E-state index is -0.746. The molecule has 25 heavy (non-hydrogen) atoms. The molecule has 0 fully saturated rings. The monoisotopic (exact) mass is 337 g/mol. The molecule has 1 aromatic carbocycles. The summed E-state index contributed by atoms with van der Waals surface area (Å²) in [6.45, 7) is 1.91. The number of aryl methyl sites for hydroxylation is 1. The van der Waals surface area contributed by atoms with Gasteiger partial charge in [-0.1, -0.05) is 12.1 Å². The number of phenols is 1. The SMILES string of the molecule is Cc1ccc(/C=C/C2=NC(=C\c3ccc(O)c(F)c3)/C(=O)N2C)cn1. The average molecular weight is 337 g/mol. The third kappa shape index (κ3) is 3.63. The molecule has 6 heteroatoms. The summed E-state index contributed by atoms with van der Waals surface area (Å²) in [5.74, 6) is -0.980. The van der Waals surface area contributed by atoms with Gasteiger partial charge in [0.1, 0.15) is 11.5 Å². The highest BCUT2D eigenvalue weighted by atomic mass is 19.1. The van der Waals surface area contributed by atoms with Crippen LogP contribution in [0.15, 0.2) is 53.3 Å². The lowest BCUT2D eigenvalue weighted by Gasteiger charge is -2.07. The Kier molecular flexibility index (Phi) is 4.43. The van der Waals surface area contributed by atoms with Crippen molar-refractivity contribution >= 4 is 23.9 Å². The van der Waals surface area contributed by atoms with E-state index in [0.29, 0.717) is 11.4 Å². The van der Waals surface area contributed by atoms with Gasteiger partial charge in [-0.25, -0.2) is 9.38 Å². The summed E-state index contributed by atoms with van der Waals surface area (Å²) in [6.07, 6.45) is 6.76. The van der Waals surface area contributed by atoms with Crippen LogP contribution >= 0.6 is 0 Å². The van der Waals surface area contributed by atoms with Crippen molar-refractivity contribution in [1.29, 1.82) is 0 Å². The van der Waals surface area contributed by atoms with Crippen LogP contribution in [0.1, 0.15) is 16.8 Å². The topological polar surface area (TPSA) is 65.8 Å². The van der Waals surface area contributed by atoms with Crippen LogP contribution in [0.4, 0.5) is 4.39 Å². The first-order valence-electron chi connectivity index (χ1n) is 7.62. The molecule has 0 bridgehead atoms. The molecule has 0 spiro atoms. The van der Waals surface area contributed by atoms with E-state index in [1.54, 1.807) is 19.3 Å². The number of hydrogen-bond donors (Lipinski definition) is 1. The van der Waals surface area contributed by atoms with Gasteiger partial charge in [-0.2, -0.15) is 0 Å². The highest BCUT2D eigenvalue weighted by Gasteiger charge is 2.25. The molecule has 1 amide bonds. The van der Waals surface area contributed by atoms with Crippen LogP contribution in [0.5, 0.6) is 5.75 Å². The number of likely N-dealkylation sites (N-methyl/N-ethyl adjacent to an activating group) is 1. The van der Waals surface area contributed by atoms with Gasteiger partial charge in [-0.15, -0.1) is 0 Å². The van der Waals surface area contributed by atoms with Crippen LogP contribution in [0.25, 0.3) is 12.2 Å². The van der Waals surface area contributed by atoms with Crippen molar-refractivity contribution in [2.24, 2.45) is 4.99 Å². The Morgan fingerprint density at radius 3 is 2.60 bits per heavy atom.